The molecule has 1 heterocycles. The fourth-order valence-corrected chi connectivity index (χ4v) is 2.01. The van der Waals surface area contributed by atoms with Gasteiger partial charge in [-0.2, -0.15) is 0 Å². The third-order valence-corrected chi connectivity index (χ3v) is 3.38. The Labute approximate surface area is 96.5 Å². The van der Waals surface area contributed by atoms with Crippen LogP contribution in [0.1, 0.15) is 25.3 Å². The third-order valence-electron chi connectivity index (χ3n) is 3.38. The molecule has 1 aromatic carbocycles. The molecule has 16 heavy (non-hydrogen) atoms. The van der Waals surface area contributed by atoms with Crippen molar-refractivity contribution in [3.8, 4) is 0 Å². The Hall–Kier alpha value is -1.41. The van der Waals surface area contributed by atoms with Crippen LogP contribution >= 0.6 is 0 Å². The SMILES string of the molecule is CC(CN)C(C)c1cccc2cccnc12. The number of hydrogen-bond acceptors (Lipinski definition) is 2. The maximum atomic E-state index is 5.73. The minimum absolute atomic E-state index is 0.448. The van der Waals surface area contributed by atoms with Crippen LogP contribution in [-0.2, 0) is 0 Å². The summed E-state index contributed by atoms with van der Waals surface area (Å²) in [5, 5.41) is 1.20. The van der Waals surface area contributed by atoms with Crippen LogP contribution in [0.2, 0.25) is 0 Å². The van der Waals surface area contributed by atoms with Gasteiger partial charge in [-0.1, -0.05) is 38.1 Å². The number of fused-ring (bicyclic) bond motifs is 1. The Morgan fingerprint density at radius 3 is 2.69 bits per heavy atom. The summed E-state index contributed by atoms with van der Waals surface area (Å²) in [6.07, 6.45) is 1.85. The highest BCUT2D eigenvalue weighted by molar-refractivity contribution is 5.82. The first-order valence-corrected chi connectivity index (χ1v) is 5.77. The molecule has 0 aliphatic carbocycles. The normalized spacial score (nSPS) is 14.9. The van der Waals surface area contributed by atoms with E-state index in [0.29, 0.717) is 18.4 Å². The lowest BCUT2D eigenvalue weighted by Gasteiger charge is -2.19. The van der Waals surface area contributed by atoms with E-state index in [1.807, 2.05) is 12.3 Å². The van der Waals surface area contributed by atoms with E-state index in [-0.39, 0.29) is 0 Å². The standard InChI is InChI=1S/C14H18N2/c1-10(9-15)11(2)13-7-3-5-12-6-4-8-16-14(12)13/h3-8,10-11H,9,15H2,1-2H3. The van der Waals surface area contributed by atoms with Crippen molar-refractivity contribution in [2.24, 2.45) is 11.7 Å². The Morgan fingerprint density at radius 2 is 1.94 bits per heavy atom. The van der Waals surface area contributed by atoms with Crippen molar-refractivity contribution in [3.05, 3.63) is 42.1 Å². The average Bonchev–Trinajstić information content (AvgIpc) is 2.36. The largest absolute Gasteiger partial charge is 0.330 e. The molecular weight excluding hydrogens is 196 g/mol. The van der Waals surface area contributed by atoms with Crippen LogP contribution in [0.5, 0.6) is 0 Å². The molecule has 0 aliphatic heterocycles. The first-order chi connectivity index (χ1) is 7.74. The predicted molar refractivity (Wildman–Crippen MR) is 68.4 cm³/mol. The molecule has 0 bridgehead atoms. The van der Waals surface area contributed by atoms with E-state index in [1.54, 1.807) is 0 Å². The van der Waals surface area contributed by atoms with Gasteiger partial charge in [0.2, 0.25) is 0 Å². The highest BCUT2D eigenvalue weighted by atomic mass is 14.7. The number of aromatic nitrogens is 1. The van der Waals surface area contributed by atoms with Crippen LogP contribution in [0.4, 0.5) is 0 Å². The number of hydrogen-bond donors (Lipinski definition) is 1. The van der Waals surface area contributed by atoms with Crippen LogP contribution in [-0.4, -0.2) is 11.5 Å². The van der Waals surface area contributed by atoms with Crippen LogP contribution in [0.25, 0.3) is 10.9 Å². The van der Waals surface area contributed by atoms with Crippen molar-refractivity contribution in [1.82, 2.24) is 4.98 Å². The van der Waals surface area contributed by atoms with Gasteiger partial charge in [0.1, 0.15) is 0 Å². The van der Waals surface area contributed by atoms with Crippen molar-refractivity contribution in [2.75, 3.05) is 6.54 Å². The molecule has 2 aromatic rings. The van der Waals surface area contributed by atoms with Gasteiger partial charge in [0, 0.05) is 11.6 Å². The van der Waals surface area contributed by atoms with Gasteiger partial charge in [-0.25, -0.2) is 0 Å². The number of benzene rings is 1. The molecule has 2 heteroatoms. The molecule has 2 nitrogen and oxygen atoms in total. The Balaban J connectivity index is 2.52. The maximum absolute atomic E-state index is 5.73. The van der Waals surface area contributed by atoms with E-state index < -0.39 is 0 Å². The molecule has 0 aliphatic rings. The second-order valence-electron chi connectivity index (χ2n) is 4.42. The smallest absolute Gasteiger partial charge is 0.0736 e. The molecule has 84 valence electrons. The van der Waals surface area contributed by atoms with E-state index in [1.165, 1.54) is 10.9 Å². The van der Waals surface area contributed by atoms with E-state index in [2.05, 4.69) is 43.1 Å². The molecular formula is C14H18N2. The summed E-state index contributed by atoms with van der Waals surface area (Å²) in [7, 11) is 0. The maximum Gasteiger partial charge on any atom is 0.0736 e. The van der Waals surface area contributed by atoms with Crippen molar-refractivity contribution >= 4 is 10.9 Å². The summed E-state index contributed by atoms with van der Waals surface area (Å²) in [5.41, 5.74) is 8.14. The highest BCUT2D eigenvalue weighted by Gasteiger charge is 2.15. The summed E-state index contributed by atoms with van der Waals surface area (Å²) < 4.78 is 0. The molecule has 1 aromatic heterocycles. The van der Waals surface area contributed by atoms with Crippen LogP contribution in [0, 0.1) is 5.92 Å². The van der Waals surface area contributed by atoms with Gasteiger partial charge in [-0.3, -0.25) is 4.98 Å². The summed E-state index contributed by atoms with van der Waals surface area (Å²) in [6, 6.07) is 10.4. The summed E-state index contributed by atoms with van der Waals surface area (Å²) in [5.74, 6) is 0.927. The molecule has 0 saturated carbocycles. The van der Waals surface area contributed by atoms with Crippen LogP contribution in [0.3, 0.4) is 0 Å². The lowest BCUT2D eigenvalue weighted by Crippen LogP contribution is -2.17. The van der Waals surface area contributed by atoms with Gasteiger partial charge < -0.3 is 5.73 Å². The molecule has 0 amide bonds. The Bertz CT molecular complexity index is 474. The van der Waals surface area contributed by atoms with Gasteiger partial charge >= 0.3 is 0 Å². The highest BCUT2D eigenvalue weighted by Crippen LogP contribution is 2.28. The van der Waals surface area contributed by atoms with Crippen molar-refractivity contribution in [1.29, 1.82) is 0 Å². The summed E-state index contributed by atoms with van der Waals surface area (Å²) >= 11 is 0. The lowest BCUT2D eigenvalue weighted by molar-refractivity contribution is 0.501. The number of pyridine rings is 1. The van der Waals surface area contributed by atoms with Crippen molar-refractivity contribution in [2.45, 2.75) is 19.8 Å². The monoisotopic (exact) mass is 214 g/mol. The first-order valence-electron chi connectivity index (χ1n) is 5.77. The average molecular weight is 214 g/mol. The van der Waals surface area contributed by atoms with Crippen LogP contribution < -0.4 is 5.73 Å². The van der Waals surface area contributed by atoms with Crippen LogP contribution in [0.15, 0.2) is 36.5 Å². The fraction of sp³-hybridized carbons (Fsp3) is 0.357. The molecule has 2 N–H and O–H groups in total. The second kappa shape index (κ2) is 4.62. The number of nitrogens with two attached hydrogens (primary N) is 1. The zero-order valence-electron chi connectivity index (χ0n) is 9.85. The zero-order valence-corrected chi connectivity index (χ0v) is 9.85. The summed E-state index contributed by atoms with van der Waals surface area (Å²) in [4.78, 5) is 4.48. The van der Waals surface area contributed by atoms with E-state index in [0.717, 1.165) is 5.52 Å². The zero-order chi connectivity index (χ0) is 11.5. The Kier molecular flexibility index (Phi) is 3.20. The van der Waals surface area contributed by atoms with E-state index in [4.69, 9.17) is 5.73 Å². The van der Waals surface area contributed by atoms with Gasteiger partial charge in [0.15, 0.2) is 0 Å². The third kappa shape index (κ3) is 1.93. The molecule has 0 saturated heterocycles. The minimum Gasteiger partial charge on any atom is -0.330 e. The molecule has 0 spiro atoms. The van der Waals surface area contributed by atoms with E-state index in [9.17, 15) is 0 Å². The minimum atomic E-state index is 0.448. The second-order valence-corrected chi connectivity index (χ2v) is 4.42. The quantitative estimate of drug-likeness (QED) is 0.853. The van der Waals surface area contributed by atoms with Gasteiger partial charge in [0.05, 0.1) is 5.52 Å². The van der Waals surface area contributed by atoms with Crippen molar-refractivity contribution in [3.63, 3.8) is 0 Å². The molecule has 0 fully saturated rings. The fourth-order valence-electron chi connectivity index (χ4n) is 2.01. The van der Waals surface area contributed by atoms with Crippen molar-refractivity contribution < 1.29 is 0 Å². The molecule has 2 unspecified atom stereocenters. The topological polar surface area (TPSA) is 38.9 Å². The van der Waals surface area contributed by atoms with Gasteiger partial charge in [0.25, 0.3) is 0 Å². The first kappa shape index (κ1) is 11.1. The number of nitrogens with zero attached hydrogens (tertiary/aromatic N) is 1. The number of para-hydroxylation sites is 1. The molecule has 0 radical (unpaired) electrons. The lowest BCUT2D eigenvalue weighted by atomic mass is 9.87. The van der Waals surface area contributed by atoms with E-state index >= 15 is 0 Å². The predicted octanol–water partition coefficient (Wildman–Crippen LogP) is 2.93. The Morgan fingerprint density at radius 1 is 1.19 bits per heavy atom. The number of rotatable bonds is 3. The molecule has 2 atom stereocenters. The van der Waals surface area contributed by atoms with Gasteiger partial charge in [-0.05, 0) is 30.0 Å². The van der Waals surface area contributed by atoms with Gasteiger partial charge in [-0.15, -0.1) is 0 Å². The molecule has 2 rings (SSSR count). The summed E-state index contributed by atoms with van der Waals surface area (Å²) in [6.45, 7) is 5.12.